The van der Waals surface area contributed by atoms with E-state index < -0.39 is 22.2 Å². The van der Waals surface area contributed by atoms with Crippen molar-refractivity contribution in [3.63, 3.8) is 0 Å². The average Bonchev–Trinajstić information content (AvgIpc) is 2.90. The van der Waals surface area contributed by atoms with Crippen LogP contribution < -0.4 is 8.92 Å². The normalized spacial score (nSPS) is 13.1. The Balaban J connectivity index is 1.70. The summed E-state index contributed by atoms with van der Waals surface area (Å²) >= 11 is 0. The first-order chi connectivity index (χ1) is 18.1. The molecule has 38 heavy (non-hydrogen) atoms. The van der Waals surface area contributed by atoms with Crippen molar-refractivity contribution in [3.8, 4) is 11.5 Å². The summed E-state index contributed by atoms with van der Waals surface area (Å²) < 4.78 is 78.5. The van der Waals surface area contributed by atoms with E-state index in [2.05, 4.69) is 0 Å². The molecular formula is C30H25F3O4S. The number of hydrogen-bond donors (Lipinski definition) is 0. The van der Waals surface area contributed by atoms with Crippen molar-refractivity contribution in [1.29, 1.82) is 0 Å². The van der Waals surface area contributed by atoms with Gasteiger partial charge >= 0.3 is 16.3 Å². The van der Waals surface area contributed by atoms with Crippen LogP contribution in [0.4, 0.5) is 13.2 Å². The van der Waals surface area contributed by atoms with E-state index in [0.29, 0.717) is 22.4 Å². The van der Waals surface area contributed by atoms with Gasteiger partial charge in [-0.1, -0.05) is 78.4 Å². The average molecular weight is 539 g/mol. The Hall–Kier alpha value is -4.04. The third kappa shape index (κ3) is 6.44. The van der Waals surface area contributed by atoms with Crippen molar-refractivity contribution in [2.45, 2.75) is 23.9 Å². The highest BCUT2D eigenvalue weighted by Crippen LogP contribution is 2.40. The van der Waals surface area contributed by atoms with E-state index in [1.807, 2.05) is 6.92 Å². The Morgan fingerprint density at radius 1 is 0.763 bits per heavy atom. The van der Waals surface area contributed by atoms with Crippen LogP contribution in [-0.4, -0.2) is 21.7 Å². The molecule has 0 radical (unpaired) electrons. The van der Waals surface area contributed by atoms with Gasteiger partial charge in [0.05, 0.1) is 13.0 Å². The first kappa shape index (κ1) is 27.0. The van der Waals surface area contributed by atoms with Crippen LogP contribution in [0.5, 0.6) is 11.5 Å². The molecule has 0 fully saturated rings. The lowest BCUT2D eigenvalue weighted by Crippen LogP contribution is -2.19. The van der Waals surface area contributed by atoms with Gasteiger partial charge in [-0.2, -0.15) is 21.6 Å². The maximum absolute atomic E-state index is 14.4. The molecule has 0 saturated carbocycles. The zero-order valence-electron chi connectivity index (χ0n) is 20.6. The molecule has 4 rings (SSSR count). The highest BCUT2D eigenvalue weighted by Gasteiger charge is 2.39. The summed E-state index contributed by atoms with van der Waals surface area (Å²) in [6.45, 7) is 1.82. The summed E-state index contributed by atoms with van der Waals surface area (Å²) in [6.07, 6.45) is -3.43. The maximum atomic E-state index is 14.4. The molecule has 4 nitrogen and oxygen atoms in total. The highest BCUT2D eigenvalue weighted by molar-refractivity contribution is 7.87. The summed E-state index contributed by atoms with van der Waals surface area (Å²) in [5.41, 5.74) is 2.44. The van der Waals surface area contributed by atoms with Crippen LogP contribution in [0.15, 0.2) is 114 Å². The molecule has 0 aliphatic rings. The van der Waals surface area contributed by atoms with Crippen molar-refractivity contribution in [3.05, 3.63) is 131 Å². The molecule has 0 saturated heterocycles. The predicted octanol–water partition coefficient (Wildman–Crippen LogP) is 7.55. The van der Waals surface area contributed by atoms with Crippen molar-refractivity contribution < 1.29 is 30.5 Å². The van der Waals surface area contributed by atoms with Gasteiger partial charge < -0.3 is 8.92 Å². The van der Waals surface area contributed by atoms with E-state index in [1.54, 1.807) is 66.7 Å². The molecular weight excluding hydrogens is 513 g/mol. The Morgan fingerprint density at radius 3 is 1.87 bits per heavy atom. The minimum Gasteiger partial charge on any atom is -0.497 e. The molecule has 4 aromatic carbocycles. The van der Waals surface area contributed by atoms with Gasteiger partial charge in [0.25, 0.3) is 0 Å². The zero-order chi connectivity index (χ0) is 27.3. The lowest BCUT2D eigenvalue weighted by Gasteiger charge is -2.20. The van der Waals surface area contributed by atoms with Crippen LogP contribution in [0.1, 0.15) is 28.2 Å². The van der Waals surface area contributed by atoms with Gasteiger partial charge in [0.2, 0.25) is 0 Å². The van der Waals surface area contributed by atoms with Crippen molar-refractivity contribution in [1.82, 2.24) is 0 Å². The molecule has 0 heterocycles. The molecule has 0 aromatic heterocycles. The first-order valence-corrected chi connectivity index (χ1v) is 13.1. The third-order valence-electron chi connectivity index (χ3n) is 5.93. The number of methoxy groups -OCH3 is 1. The standard InChI is InChI=1S/C30H25F3O4S/c1-21-8-18-27(19-9-21)38(34,35)37-26-16-12-24(13-17-26)29(30(31,32)33)20-28(22-6-4-3-5-7-22)23-10-14-25(36-2)15-11-23/h3-20,29H,1-2H3/b28-20+. The first-order valence-electron chi connectivity index (χ1n) is 11.7. The molecule has 0 amide bonds. The van der Waals surface area contributed by atoms with Crippen molar-refractivity contribution >= 4 is 15.7 Å². The molecule has 0 aliphatic carbocycles. The van der Waals surface area contributed by atoms with E-state index in [4.69, 9.17) is 8.92 Å². The van der Waals surface area contributed by atoms with Crippen LogP contribution in [0, 0.1) is 6.92 Å². The SMILES string of the molecule is COc1ccc(/C(=C/C(c2ccc(OS(=O)(=O)c3ccc(C)cc3)cc2)C(F)(F)F)c2ccccc2)cc1. The fourth-order valence-corrected chi connectivity index (χ4v) is 4.83. The van der Waals surface area contributed by atoms with E-state index in [0.717, 1.165) is 5.56 Å². The summed E-state index contributed by atoms with van der Waals surface area (Å²) in [5, 5.41) is 0. The molecule has 196 valence electrons. The fourth-order valence-electron chi connectivity index (χ4n) is 3.90. The number of hydrogen-bond acceptors (Lipinski definition) is 4. The molecule has 8 heteroatoms. The van der Waals surface area contributed by atoms with Gasteiger partial charge in [-0.25, -0.2) is 0 Å². The van der Waals surface area contributed by atoms with Crippen molar-refractivity contribution in [2.24, 2.45) is 0 Å². The second-order valence-electron chi connectivity index (χ2n) is 8.61. The summed E-state index contributed by atoms with van der Waals surface area (Å²) in [6, 6.07) is 26.6. The number of ether oxygens (including phenoxy) is 1. The van der Waals surface area contributed by atoms with Crippen LogP contribution in [0.3, 0.4) is 0 Å². The lowest BCUT2D eigenvalue weighted by atomic mass is 9.90. The number of halogens is 3. The van der Waals surface area contributed by atoms with Gasteiger partial charge in [-0.15, -0.1) is 0 Å². The molecule has 1 atom stereocenters. The Bertz CT molecular complexity index is 1490. The molecule has 0 spiro atoms. The Labute approximate surface area is 220 Å². The maximum Gasteiger partial charge on any atom is 0.399 e. The smallest absolute Gasteiger partial charge is 0.399 e. The number of alkyl halides is 3. The van der Waals surface area contributed by atoms with Gasteiger partial charge in [0, 0.05) is 0 Å². The van der Waals surface area contributed by atoms with Crippen LogP contribution in [0.2, 0.25) is 0 Å². The largest absolute Gasteiger partial charge is 0.497 e. The minimum absolute atomic E-state index is 0.0460. The summed E-state index contributed by atoms with van der Waals surface area (Å²) in [4.78, 5) is -0.0460. The lowest BCUT2D eigenvalue weighted by molar-refractivity contribution is -0.139. The highest BCUT2D eigenvalue weighted by atomic mass is 32.2. The quantitative estimate of drug-likeness (QED) is 0.217. The number of rotatable bonds is 8. The van der Waals surface area contributed by atoms with E-state index >= 15 is 0 Å². The van der Waals surface area contributed by atoms with E-state index in [1.165, 1.54) is 49.6 Å². The third-order valence-corrected chi connectivity index (χ3v) is 7.19. The molecule has 0 aliphatic heterocycles. The minimum atomic E-state index is -4.61. The predicted molar refractivity (Wildman–Crippen MR) is 141 cm³/mol. The molecule has 4 aromatic rings. The Kier molecular flexibility index (Phi) is 7.92. The van der Waals surface area contributed by atoms with Gasteiger partial charge in [0.15, 0.2) is 0 Å². The van der Waals surface area contributed by atoms with E-state index in [-0.39, 0.29) is 16.2 Å². The molecule has 1 unspecified atom stereocenters. The van der Waals surface area contributed by atoms with Crippen LogP contribution in [-0.2, 0) is 10.1 Å². The summed E-state index contributed by atoms with van der Waals surface area (Å²) in [7, 11) is -2.62. The van der Waals surface area contributed by atoms with Gasteiger partial charge in [0.1, 0.15) is 16.4 Å². The zero-order valence-corrected chi connectivity index (χ0v) is 21.5. The number of benzene rings is 4. The summed E-state index contributed by atoms with van der Waals surface area (Å²) in [5.74, 6) is -1.45. The topological polar surface area (TPSA) is 52.6 Å². The van der Waals surface area contributed by atoms with Gasteiger partial charge in [-0.05, 0) is 65.6 Å². The number of allylic oxidation sites excluding steroid dienone is 1. The second kappa shape index (κ2) is 11.1. The number of aryl methyl sites for hydroxylation is 1. The van der Waals surface area contributed by atoms with E-state index in [9.17, 15) is 21.6 Å². The Morgan fingerprint density at radius 2 is 1.32 bits per heavy atom. The van der Waals surface area contributed by atoms with Crippen LogP contribution in [0.25, 0.3) is 5.57 Å². The molecule has 0 bridgehead atoms. The van der Waals surface area contributed by atoms with Crippen molar-refractivity contribution in [2.75, 3.05) is 7.11 Å². The fraction of sp³-hybridized carbons (Fsp3) is 0.133. The van der Waals surface area contributed by atoms with Gasteiger partial charge in [-0.3, -0.25) is 0 Å². The second-order valence-corrected chi connectivity index (χ2v) is 10.2. The monoisotopic (exact) mass is 538 g/mol. The van der Waals surface area contributed by atoms with Crippen LogP contribution >= 0.6 is 0 Å². The molecule has 0 N–H and O–H groups in total.